The Kier molecular flexibility index (Phi) is 1.53. The van der Waals surface area contributed by atoms with Gasteiger partial charge in [-0.3, -0.25) is 4.79 Å². The van der Waals surface area contributed by atoms with Crippen LogP contribution in [0.4, 0.5) is 0 Å². The van der Waals surface area contributed by atoms with Crippen molar-refractivity contribution in [3.8, 4) is 0 Å². The first kappa shape index (κ1) is 4.43. The first-order valence-corrected chi connectivity index (χ1v) is 1.10. The molecular weight excluding hydrogens is 70.0 g/mol. The minimum atomic E-state index is -1.19. The third-order valence-corrected chi connectivity index (χ3v) is 0.135. The van der Waals surface area contributed by atoms with Crippen LogP contribution in [0.25, 0.3) is 0 Å². The van der Waals surface area contributed by atoms with Crippen LogP contribution in [0.15, 0.2) is 0 Å². The van der Waals surface area contributed by atoms with Crippen LogP contribution in [-0.2, 0) is 4.79 Å². The summed E-state index contributed by atoms with van der Waals surface area (Å²) in [6, 6.07) is 0. The van der Waals surface area contributed by atoms with Gasteiger partial charge in [-0.1, -0.05) is 0 Å². The average Bonchev–Trinajstić information content (AvgIpc) is 1.38. The zero-order chi connectivity index (χ0) is 4.28. The molecule has 0 bridgehead atoms. The molecule has 0 aromatic heterocycles. The highest BCUT2D eigenvalue weighted by Crippen LogP contribution is 1.47. The van der Waals surface area contributed by atoms with Gasteiger partial charge in [0.15, 0.2) is 0 Å². The molecule has 0 aliphatic rings. The van der Waals surface area contributed by atoms with Gasteiger partial charge in [0.05, 0.1) is 0 Å². The monoisotopic (exact) mass is 73.0 g/mol. The molecule has 0 spiro atoms. The van der Waals surface area contributed by atoms with E-state index in [0.717, 1.165) is 0 Å². The topological polar surface area (TPSA) is 59.6 Å². The Bertz CT molecular complexity index is 42.9. The van der Waals surface area contributed by atoms with Crippen LogP contribution in [0.5, 0.6) is 0 Å². The van der Waals surface area contributed by atoms with Crippen molar-refractivity contribution < 1.29 is 9.90 Å². The van der Waals surface area contributed by atoms with Crippen molar-refractivity contribution in [3.63, 3.8) is 0 Å². The number of nitrogens with zero attached hydrogens (tertiary/aromatic N) is 1. The summed E-state index contributed by atoms with van der Waals surface area (Å²) in [5.74, 6) is -1.19. The van der Waals surface area contributed by atoms with Gasteiger partial charge in [-0.15, -0.1) is 5.73 Å². The van der Waals surface area contributed by atoms with E-state index >= 15 is 0 Å². The number of rotatable bonds is 1. The van der Waals surface area contributed by atoms with E-state index in [4.69, 9.17) is 15.6 Å². The van der Waals surface area contributed by atoms with Gasteiger partial charge in [0, 0.05) is 0 Å². The second-order valence-electron chi connectivity index (χ2n) is 0.552. The average molecular weight is 73.1 g/mol. The van der Waals surface area contributed by atoms with E-state index in [2.05, 4.69) is 0 Å². The molecule has 0 amide bonds. The molecule has 2 radical (unpaired) electrons. The summed E-state index contributed by atoms with van der Waals surface area (Å²) in [5, 5.41) is 7.47. The van der Waals surface area contributed by atoms with Crippen molar-refractivity contribution in [1.82, 2.24) is 5.73 Å². The lowest BCUT2D eigenvalue weighted by Gasteiger charge is -1.69. The van der Waals surface area contributed by atoms with Gasteiger partial charge in [0.25, 0.3) is 0 Å². The van der Waals surface area contributed by atoms with E-state index in [1.807, 2.05) is 0 Å². The lowest BCUT2D eigenvalue weighted by molar-refractivity contribution is -0.135. The molecule has 0 atom stereocenters. The maximum atomic E-state index is 9.12. The Morgan fingerprint density at radius 2 is 2.20 bits per heavy atom. The molecule has 0 saturated carbocycles. The smallest absolute Gasteiger partial charge is 0.320 e. The molecule has 1 N–H and O–H groups in total. The van der Waals surface area contributed by atoms with Gasteiger partial charge < -0.3 is 5.11 Å². The van der Waals surface area contributed by atoms with Crippen LogP contribution >= 0.6 is 0 Å². The lowest BCUT2D eigenvalue weighted by atomic mass is 10.7. The first-order chi connectivity index (χ1) is 2.27. The Labute approximate surface area is 29.4 Å². The van der Waals surface area contributed by atoms with Crippen molar-refractivity contribution in [1.29, 1.82) is 0 Å². The fourth-order valence-corrected chi connectivity index (χ4v) is 0. The normalized spacial score (nSPS) is 7.40. The predicted molar refractivity (Wildman–Crippen MR) is 14.6 cm³/mol. The van der Waals surface area contributed by atoms with E-state index in [-0.39, 0.29) is 0 Å². The van der Waals surface area contributed by atoms with Crippen LogP contribution in [0.2, 0.25) is 0 Å². The SMILES string of the molecule is [N]CC(=O)O. The minimum Gasteiger partial charge on any atom is -0.480 e. The largest absolute Gasteiger partial charge is 0.480 e. The van der Waals surface area contributed by atoms with Crippen LogP contribution in [-0.4, -0.2) is 17.6 Å². The zero-order valence-electron chi connectivity index (χ0n) is 2.51. The van der Waals surface area contributed by atoms with Gasteiger partial charge >= 0.3 is 5.97 Å². The van der Waals surface area contributed by atoms with Crippen LogP contribution < -0.4 is 5.73 Å². The molecule has 0 heterocycles. The van der Waals surface area contributed by atoms with Gasteiger partial charge in [-0.25, -0.2) is 0 Å². The molecule has 5 heavy (non-hydrogen) atoms. The number of carbonyl (C=O) groups is 1. The molecule has 0 aliphatic carbocycles. The molecule has 0 fully saturated rings. The van der Waals surface area contributed by atoms with Crippen molar-refractivity contribution in [3.05, 3.63) is 0 Å². The summed E-state index contributed by atoms with van der Waals surface area (Å²) in [6.07, 6.45) is 0. The van der Waals surface area contributed by atoms with Crippen LogP contribution in [0.1, 0.15) is 0 Å². The third-order valence-electron chi connectivity index (χ3n) is 0.135. The second kappa shape index (κ2) is 1.72. The van der Waals surface area contributed by atoms with E-state index in [1.54, 1.807) is 0 Å². The van der Waals surface area contributed by atoms with Crippen molar-refractivity contribution in [2.45, 2.75) is 0 Å². The summed E-state index contributed by atoms with van der Waals surface area (Å²) in [7, 11) is 0. The molecule has 28 valence electrons. The molecule has 3 nitrogen and oxygen atoms in total. The summed E-state index contributed by atoms with van der Waals surface area (Å²) >= 11 is 0. The Hall–Kier alpha value is -0.570. The van der Waals surface area contributed by atoms with E-state index in [1.165, 1.54) is 0 Å². The predicted octanol–water partition coefficient (Wildman–Crippen LogP) is -0.860. The van der Waals surface area contributed by atoms with Gasteiger partial charge in [0.2, 0.25) is 0 Å². The van der Waals surface area contributed by atoms with Gasteiger partial charge in [-0.05, 0) is 0 Å². The van der Waals surface area contributed by atoms with Crippen molar-refractivity contribution in [2.24, 2.45) is 0 Å². The number of carboxylic acids is 1. The molecule has 0 rings (SSSR count). The standard InChI is InChI=1S/C2H3NO2/c3-1-2(4)5/h1H2,(H,4,5). The van der Waals surface area contributed by atoms with Gasteiger partial charge in [-0.2, -0.15) is 0 Å². The highest BCUT2D eigenvalue weighted by molar-refractivity contribution is 5.68. The highest BCUT2D eigenvalue weighted by Gasteiger charge is 1.83. The molecule has 0 aliphatic heterocycles. The fraction of sp³-hybridized carbons (Fsp3) is 0.500. The summed E-state index contributed by atoms with van der Waals surface area (Å²) in [6.45, 7) is -0.778. The van der Waals surface area contributed by atoms with E-state index < -0.39 is 12.5 Å². The van der Waals surface area contributed by atoms with Gasteiger partial charge in [0.1, 0.15) is 6.54 Å². The molecule has 0 aromatic carbocycles. The maximum Gasteiger partial charge on any atom is 0.320 e. The Morgan fingerprint density at radius 3 is 2.20 bits per heavy atom. The molecule has 0 aromatic rings. The third kappa shape index (κ3) is 3.43. The summed E-state index contributed by atoms with van der Waals surface area (Å²) in [5.41, 5.74) is 7.54. The molecule has 3 heteroatoms. The van der Waals surface area contributed by atoms with Crippen LogP contribution in [0.3, 0.4) is 0 Å². The Balaban J connectivity index is 2.85. The van der Waals surface area contributed by atoms with Crippen molar-refractivity contribution >= 4 is 5.97 Å². The molecule has 0 saturated heterocycles. The minimum absolute atomic E-state index is 0.778. The van der Waals surface area contributed by atoms with Crippen LogP contribution in [0, 0.1) is 0 Å². The highest BCUT2D eigenvalue weighted by atomic mass is 16.4. The number of carboxylic acid groups (broad SMARTS) is 1. The lowest BCUT2D eigenvalue weighted by Crippen LogP contribution is -2.00. The molecular formula is C2H3NO2. The first-order valence-electron chi connectivity index (χ1n) is 1.10. The number of hydrogen-bond acceptors (Lipinski definition) is 1. The number of aliphatic carboxylic acids is 1. The summed E-state index contributed by atoms with van der Waals surface area (Å²) < 4.78 is 0. The zero-order valence-corrected chi connectivity index (χ0v) is 2.51. The number of hydrogen-bond donors (Lipinski definition) is 1. The Morgan fingerprint density at radius 1 is 2.00 bits per heavy atom. The van der Waals surface area contributed by atoms with E-state index in [0.29, 0.717) is 0 Å². The molecule has 0 unspecified atom stereocenters. The van der Waals surface area contributed by atoms with E-state index in [9.17, 15) is 0 Å². The second-order valence-corrected chi connectivity index (χ2v) is 0.552. The summed E-state index contributed by atoms with van der Waals surface area (Å²) in [4.78, 5) is 9.12. The maximum absolute atomic E-state index is 9.12. The fourth-order valence-electron chi connectivity index (χ4n) is 0. The quantitative estimate of drug-likeness (QED) is 0.439. The van der Waals surface area contributed by atoms with Crippen molar-refractivity contribution in [2.75, 3.05) is 6.54 Å².